The Bertz CT molecular complexity index is 459. The van der Waals surface area contributed by atoms with Gasteiger partial charge in [-0.15, -0.1) is 11.3 Å². The van der Waals surface area contributed by atoms with Crippen molar-refractivity contribution in [1.82, 2.24) is 9.88 Å². The van der Waals surface area contributed by atoms with Crippen LogP contribution in [0.25, 0.3) is 0 Å². The molecule has 0 aliphatic heterocycles. The van der Waals surface area contributed by atoms with Crippen LogP contribution in [-0.4, -0.2) is 46.5 Å². The highest BCUT2D eigenvalue weighted by Gasteiger charge is 2.15. The summed E-state index contributed by atoms with van der Waals surface area (Å²) in [4.78, 5) is 29.3. The highest BCUT2D eigenvalue weighted by atomic mass is 32.1. The first kappa shape index (κ1) is 16.6. The molecule has 1 aromatic rings. The Labute approximate surface area is 122 Å². The van der Waals surface area contributed by atoms with E-state index in [9.17, 15) is 9.59 Å². The van der Waals surface area contributed by atoms with E-state index < -0.39 is 0 Å². The Kier molecular flexibility index (Phi) is 6.60. The van der Waals surface area contributed by atoms with Gasteiger partial charge in [0.15, 0.2) is 5.13 Å². The van der Waals surface area contributed by atoms with Gasteiger partial charge in [-0.1, -0.05) is 13.8 Å². The monoisotopic (exact) mass is 299 g/mol. The van der Waals surface area contributed by atoms with Crippen LogP contribution in [0.15, 0.2) is 5.38 Å². The third kappa shape index (κ3) is 4.90. The molecule has 0 saturated carbocycles. The van der Waals surface area contributed by atoms with Gasteiger partial charge in [-0.25, -0.2) is 4.98 Å². The van der Waals surface area contributed by atoms with E-state index in [-0.39, 0.29) is 30.8 Å². The molecule has 1 rings (SSSR count). The summed E-state index contributed by atoms with van der Waals surface area (Å²) in [6.45, 7) is 6.31. The van der Waals surface area contributed by atoms with Crippen molar-refractivity contribution < 1.29 is 14.7 Å². The molecule has 2 N–H and O–H groups in total. The maximum Gasteiger partial charge on any atom is 0.228 e. The Morgan fingerprint density at radius 3 is 2.75 bits per heavy atom. The molecule has 0 saturated heterocycles. The number of aliphatic hydroxyl groups excluding tert-OH is 1. The van der Waals surface area contributed by atoms with Crippen LogP contribution < -0.4 is 5.32 Å². The second kappa shape index (κ2) is 7.96. The first-order chi connectivity index (χ1) is 9.47. The molecule has 6 nitrogen and oxygen atoms in total. The van der Waals surface area contributed by atoms with Crippen molar-refractivity contribution in [2.45, 2.75) is 27.2 Å². The zero-order valence-corrected chi connectivity index (χ0v) is 12.9. The average Bonchev–Trinajstić information content (AvgIpc) is 2.82. The topological polar surface area (TPSA) is 82.5 Å². The molecule has 0 bridgehead atoms. The number of hydrogen-bond donors (Lipinski definition) is 2. The van der Waals surface area contributed by atoms with E-state index in [1.165, 1.54) is 11.3 Å². The average molecular weight is 299 g/mol. The molecule has 0 unspecified atom stereocenters. The Hall–Kier alpha value is -1.47. The Balaban J connectivity index is 2.59. The third-order valence-corrected chi connectivity index (χ3v) is 3.55. The standard InChI is InChI=1S/C13H21N3O3S/c1-4-16(5-6-17)11(18)7-10-8-20-13(14-10)15-12(19)9(2)3/h8-9,17H,4-7H2,1-3H3,(H,14,15,19). The molecule has 7 heteroatoms. The second-order valence-corrected chi connectivity index (χ2v) is 5.52. The molecule has 20 heavy (non-hydrogen) atoms. The van der Waals surface area contributed by atoms with E-state index in [2.05, 4.69) is 10.3 Å². The molecule has 0 aromatic carbocycles. The van der Waals surface area contributed by atoms with E-state index in [0.29, 0.717) is 23.9 Å². The number of aliphatic hydroxyl groups is 1. The zero-order valence-electron chi connectivity index (χ0n) is 12.0. The quantitative estimate of drug-likeness (QED) is 0.790. The fourth-order valence-corrected chi connectivity index (χ4v) is 2.26. The van der Waals surface area contributed by atoms with Gasteiger partial charge in [0, 0.05) is 24.4 Å². The van der Waals surface area contributed by atoms with Crippen molar-refractivity contribution in [3.63, 3.8) is 0 Å². The number of nitrogens with zero attached hydrogens (tertiary/aromatic N) is 2. The SMILES string of the molecule is CCN(CCO)C(=O)Cc1csc(NC(=O)C(C)C)n1. The van der Waals surface area contributed by atoms with Crippen LogP contribution in [0.3, 0.4) is 0 Å². The van der Waals surface area contributed by atoms with E-state index in [4.69, 9.17) is 5.11 Å². The number of rotatable bonds is 7. The highest BCUT2D eigenvalue weighted by Crippen LogP contribution is 2.17. The van der Waals surface area contributed by atoms with Crippen LogP contribution in [0, 0.1) is 5.92 Å². The van der Waals surface area contributed by atoms with Crippen LogP contribution in [0.2, 0.25) is 0 Å². The molecule has 0 aliphatic rings. The van der Waals surface area contributed by atoms with Crippen LogP contribution >= 0.6 is 11.3 Å². The van der Waals surface area contributed by atoms with Crippen LogP contribution in [-0.2, 0) is 16.0 Å². The first-order valence-corrected chi connectivity index (χ1v) is 7.49. The molecule has 1 heterocycles. The van der Waals surface area contributed by atoms with Gasteiger partial charge in [0.2, 0.25) is 11.8 Å². The maximum absolute atomic E-state index is 12.0. The zero-order chi connectivity index (χ0) is 15.1. The van der Waals surface area contributed by atoms with Gasteiger partial charge in [-0.3, -0.25) is 9.59 Å². The first-order valence-electron chi connectivity index (χ1n) is 6.61. The highest BCUT2D eigenvalue weighted by molar-refractivity contribution is 7.13. The van der Waals surface area contributed by atoms with Crippen molar-refractivity contribution >= 4 is 28.3 Å². The number of carbonyl (C=O) groups is 2. The van der Waals surface area contributed by atoms with Crippen molar-refractivity contribution in [2.75, 3.05) is 25.0 Å². The minimum absolute atomic E-state index is 0.0493. The lowest BCUT2D eigenvalue weighted by molar-refractivity contribution is -0.130. The van der Waals surface area contributed by atoms with Crippen LogP contribution in [0.5, 0.6) is 0 Å². The summed E-state index contributed by atoms with van der Waals surface area (Å²) in [5.74, 6) is -0.273. The smallest absolute Gasteiger partial charge is 0.228 e. The van der Waals surface area contributed by atoms with Gasteiger partial charge in [-0.05, 0) is 6.92 Å². The number of likely N-dealkylation sites (N-methyl/N-ethyl adjacent to an activating group) is 1. The summed E-state index contributed by atoms with van der Waals surface area (Å²) in [6.07, 6.45) is 0.182. The summed E-state index contributed by atoms with van der Waals surface area (Å²) in [5, 5.41) is 13.9. The van der Waals surface area contributed by atoms with Gasteiger partial charge in [0.1, 0.15) is 0 Å². The number of thiazole rings is 1. The van der Waals surface area contributed by atoms with Gasteiger partial charge in [0.05, 0.1) is 18.7 Å². The largest absolute Gasteiger partial charge is 0.395 e. The summed E-state index contributed by atoms with van der Waals surface area (Å²) in [6, 6.07) is 0. The molecule has 1 aromatic heterocycles. The van der Waals surface area contributed by atoms with Gasteiger partial charge < -0.3 is 15.3 Å². The molecule has 0 atom stereocenters. The molecule has 0 fully saturated rings. The summed E-state index contributed by atoms with van der Waals surface area (Å²) >= 11 is 1.31. The number of nitrogens with one attached hydrogen (secondary N) is 1. The second-order valence-electron chi connectivity index (χ2n) is 4.66. The van der Waals surface area contributed by atoms with E-state index in [1.54, 1.807) is 24.1 Å². The Morgan fingerprint density at radius 1 is 1.50 bits per heavy atom. The van der Waals surface area contributed by atoms with Gasteiger partial charge >= 0.3 is 0 Å². The maximum atomic E-state index is 12.0. The minimum Gasteiger partial charge on any atom is -0.395 e. The van der Waals surface area contributed by atoms with Crippen LogP contribution in [0.4, 0.5) is 5.13 Å². The van der Waals surface area contributed by atoms with Crippen molar-refractivity contribution in [3.8, 4) is 0 Å². The fourth-order valence-electron chi connectivity index (χ4n) is 1.54. The van der Waals surface area contributed by atoms with Crippen molar-refractivity contribution in [2.24, 2.45) is 5.92 Å². The van der Waals surface area contributed by atoms with E-state index >= 15 is 0 Å². The lowest BCUT2D eigenvalue weighted by Gasteiger charge is -2.18. The number of aromatic nitrogens is 1. The normalized spacial score (nSPS) is 10.7. The lowest BCUT2D eigenvalue weighted by atomic mass is 10.2. The molecule has 0 aliphatic carbocycles. The summed E-state index contributed by atoms with van der Waals surface area (Å²) in [5.41, 5.74) is 0.635. The summed E-state index contributed by atoms with van der Waals surface area (Å²) < 4.78 is 0. The van der Waals surface area contributed by atoms with Crippen LogP contribution in [0.1, 0.15) is 26.5 Å². The molecule has 2 amide bonds. The van der Waals surface area contributed by atoms with E-state index in [1.807, 2.05) is 6.92 Å². The number of carbonyl (C=O) groups excluding carboxylic acids is 2. The van der Waals surface area contributed by atoms with Gasteiger partial charge in [0.25, 0.3) is 0 Å². The van der Waals surface area contributed by atoms with Gasteiger partial charge in [-0.2, -0.15) is 0 Å². The Morgan fingerprint density at radius 2 is 2.20 bits per heavy atom. The van der Waals surface area contributed by atoms with Crippen molar-refractivity contribution in [1.29, 1.82) is 0 Å². The summed E-state index contributed by atoms with van der Waals surface area (Å²) in [7, 11) is 0. The molecular weight excluding hydrogens is 278 g/mol. The molecule has 0 spiro atoms. The predicted octanol–water partition coefficient (Wildman–Crippen LogP) is 1.12. The van der Waals surface area contributed by atoms with Crippen molar-refractivity contribution in [3.05, 3.63) is 11.1 Å². The molecule has 112 valence electrons. The number of anilines is 1. The molecule has 0 radical (unpaired) electrons. The fraction of sp³-hybridized carbons (Fsp3) is 0.615. The minimum atomic E-state index is -0.107. The lowest BCUT2D eigenvalue weighted by Crippen LogP contribution is -2.34. The van der Waals surface area contributed by atoms with E-state index in [0.717, 1.165) is 0 Å². The molecular formula is C13H21N3O3S. The number of hydrogen-bond acceptors (Lipinski definition) is 5. The number of amides is 2. The predicted molar refractivity (Wildman–Crippen MR) is 78.6 cm³/mol. The third-order valence-electron chi connectivity index (χ3n) is 2.74.